The monoisotopic (exact) mass is 315 g/mol. The van der Waals surface area contributed by atoms with Crippen molar-refractivity contribution in [1.29, 1.82) is 0 Å². The molecule has 0 atom stereocenters. The minimum atomic E-state index is -4.36. The molecular formula is C13H9BrF3N. The van der Waals surface area contributed by atoms with Gasteiger partial charge in [0.15, 0.2) is 0 Å². The molecular weight excluding hydrogens is 307 g/mol. The van der Waals surface area contributed by atoms with E-state index in [4.69, 9.17) is 0 Å². The summed E-state index contributed by atoms with van der Waals surface area (Å²) in [5.41, 5.74) is 0.695. The molecule has 5 heteroatoms. The Morgan fingerprint density at radius 3 is 2.28 bits per heavy atom. The molecule has 1 heterocycles. The zero-order valence-corrected chi connectivity index (χ0v) is 10.8. The van der Waals surface area contributed by atoms with Crippen LogP contribution in [0.5, 0.6) is 0 Å². The maximum atomic E-state index is 12.8. The molecule has 1 aromatic heterocycles. The van der Waals surface area contributed by atoms with E-state index in [-0.39, 0.29) is 5.33 Å². The second-order valence-corrected chi connectivity index (χ2v) is 4.29. The summed E-state index contributed by atoms with van der Waals surface area (Å²) in [4.78, 5) is 4.19. The first-order valence-corrected chi connectivity index (χ1v) is 6.32. The van der Waals surface area contributed by atoms with Crippen molar-refractivity contribution < 1.29 is 13.2 Å². The van der Waals surface area contributed by atoms with Gasteiger partial charge in [-0.05, 0) is 12.1 Å². The summed E-state index contributed by atoms with van der Waals surface area (Å²) in [7, 11) is 0. The van der Waals surface area contributed by atoms with E-state index in [9.17, 15) is 13.2 Å². The Morgan fingerprint density at radius 2 is 1.72 bits per heavy atom. The van der Waals surface area contributed by atoms with Gasteiger partial charge in [0.2, 0.25) is 0 Å². The summed E-state index contributed by atoms with van der Waals surface area (Å²) in [6.07, 6.45) is -4.36. The largest absolute Gasteiger partial charge is 0.416 e. The molecule has 0 fully saturated rings. The van der Waals surface area contributed by atoms with Gasteiger partial charge in [0, 0.05) is 10.9 Å². The van der Waals surface area contributed by atoms with Crippen molar-refractivity contribution in [1.82, 2.24) is 4.98 Å². The molecule has 1 aromatic carbocycles. The Morgan fingerprint density at radius 1 is 1.06 bits per heavy atom. The second kappa shape index (κ2) is 5.10. The van der Waals surface area contributed by atoms with E-state index >= 15 is 0 Å². The lowest BCUT2D eigenvalue weighted by Crippen LogP contribution is -2.07. The van der Waals surface area contributed by atoms with Gasteiger partial charge in [-0.1, -0.05) is 46.3 Å². The molecule has 18 heavy (non-hydrogen) atoms. The standard InChI is InChI=1S/C13H9BrF3N/c14-8-11-6-10(13(15,16)17)7-12(18-11)9-4-2-1-3-5-9/h1-7H,8H2. The number of nitrogens with zero attached hydrogens (tertiary/aromatic N) is 1. The zero-order chi connectivity index (χ0) is 13.2. The zero-order valence-electron chi connectivity index (χ0n) is 9.21. The van der Waals surface area contributed by atoms with Gasteiger partial charge in [0.1, 0.15) is 0 Å². The highest BCUT2D eigenvalue weighted by Gasteiger charge is 2.31. The highest BCUT2D eigenvalue weighted by atomic mass is 79.9. The van der Waals surface area contributed by atoms with Gasteiger partial charge in [0.05, 0.1) is 17.0 Å². The van der Waals surface area contributed by atoms with E-state index in [1.54, 1.807) is 24.3 Å². The number of benzene rings is 1. The molecule has 94 valence electrons. The van der Waals surface area contributed by atoms with Crippen LogP contribution in [-0.4, -0.2) is 4.98 Å². The third-order valence-corrected chi connectivity index (χ3v) is 2.99. The maximum Gasteiger partial charge on any atom is 0.416 e. The fourth-order valence-electron chi connectivity index (χ4n) is 1.58. The van der Waals surface area contributed by atoms with Crippen LogP contribution in [0, 0.1) is 0 Å². The van der Waals surface area contributed by atoms with Crippen LogP contribution in [0.3, 0.4) is 0 Å². The number of halogens is 4. The summed E-state index contributed by atoms with van der Waals surface area (Å²) in [5, 5.41) is 0.288. The van der Waals surface area contributed by atoms with Gasteiger partial charge >= 0.3 is 6.18 Å². The van der Waals surface area contributed by atoms with E-state index in [2.05, 4.69) is 20.9 Å². The van der Waals surface area contributed by atoms with Crippen molar-refractivity contribution in [3.05, 3.63) is 53.7 Å². The lowest BCUT2D eigenvalue weighted by atomic mass is 10.1. The van der Waals surface area contributed by atoms with Crippen molar-refractivity contribution in [3.8, 4) is 11.3 Å². The van der Waals surface area contributed by atoms with Crippen LogP contribution in [0.15, 0.2) is 42.5 Å². The van der Waals surface area contributed by atoms with Crippen LogP contribution in [-0.2, 0) is 11.5 Å². The molecule has 1 nitrogen and oxygen atoms in total. The van der Waals surface area contributed by atoms with Crippen LogP contribution >= 0.6 is 15.9 Å². The van der Waals surface area contributed by atoms with Crippen molar-refractivity contribution in [3.63, 3.8) is 0 Å². The van der Waals surface area contributed by atoms with Gasteiger partial charge in [0.25, 0.3) is 0 Å². The number of hydrogen-bond acceptors (Lipinski definition) is 1. The second-order valence-electron chi connectivity index (χ2n) is 3.73. The van der Waals surface area contributed by atoms with Gasteiger partial charge in [-0.15, -0.1) is 0 Å². The Hall–Kier alpha value is -1.36. The summed E-state index contributed by atoms with van der Waals surface area (Å²) >= 11 is 3.14. The van der Waals surface area contributed by atoms with Crippen LogP contribution in [0.1, 0.15) is 11.3 Å². The third kappa shape index (κ3) is 2.90. The summed E-state index contributed by atoms with van der Waals surface area (Å²) in [5.74, 6) is 0. The maximum absolute atomic E-state index is 12.8. The minimum absolute atomic E-state index is 0.288. The van der Waals surface area contributed by atoms with E-state index in [0.29, 0.717) is 17.0 Å². The first-order valence-electron chi connectivity index (χ1n) is 5.20. The van der Waals surface area contributed by atoms with Gasteiger partial charge in [-0.2, -0.15) is 13.2 Å². The number of alkyl halides is 4. The number of hydrogen-bond donors (Lipinski definition) is 0. The van der Waals surface area contributed by atoms with E-state index in [0.717, 1.165) is 12.1 Å². The molecule has 0 saturated carbocycles. The fraction of sp³-hybridized carbons (Fsp3) is 0.154. The molecule has 0 saturated heterocycles. The Kier molecular flexibility index (Phi) is 3.71. The SMILES string of the molecule is FC(F)(F)c1cc(CBr)nc(-c2ccccc2)c1. The average molecular weight is 316 g/mol. The predicted molar refractivity (Wildman–Crippen MR) is 67.3 cm³/mol. The van der Waals surface area contributed by atoms with Crippen LogP contribution in [0.25, 0.3) is 11.3 Å². The average Bonchev–Trinajstić information content (AvgIpc) is 2.38. The molecule has 2 aromatic rings. The topological polar surface area (TPSA) is 12.9 Å². The summed E-state index contributed by atoms with van der Waals surface area (Å²) in [6.45, 7) is 0. The normalized spacial score (nSPS) is 11.6. The molecule has 0 N–H and O–H groups in total. The lowest BCUT2D eigenvalue weighted by molar-refractivity contribution is -0.137. The highest BCUT2D eigenvalue weighted by molar-refractivity contribution is 9.08. The van der Waals surface area contributed by atoms with E-state index in [1.165, 1.54) is 0 Å². The Labute approximate surface area is 111 Å². The molecule has 0 spiro atoms. The first kappa shape index (κ1) is 13.1. The lowest BCUT2D eigenvalue weighted by Gasteiger charge is -2.10. The summed E-state index contributed by atoms with van der Waals surface area (Å²) < 4.78 is 38.3. The third-order valence-electron chi connectivity index (χ3n) is 2.41. The molecule has 0 amide bonds. The molecule has 0 aliphatic rings. The van der Waals surface area contributed by atoms with Crippen molar-refractivity contribution in [2.24, 2.45) is 0 Å². The van der Waals surface area contributed by atoms with Crippen molar-refractivity contribution in [2.45, 2.75) is 11.5 Å². The minimum Gasteiger partial charge on any atom is -0.252 e. The van der Waals surface area contributed by atoms with Gasteiger partial charge < -0.3 is 0 Å². The van der Waals surface area contributed by atoms with Crippen molar-refractivity contribution in [2.75, 3.05) is 0 Å². The Balaban J connectivity index is 2.55. The first-order chi connectivity index (χ1) is 8.50. The van der Waals surface area contributed by atoms with Crippen LogP contribution < -0.4 is 0 Å². The quantitative estimate of drug-likeness (QED) is 0.734. The van der Waals surface area contributed by atoms with Gasteiger partial charge in [-0.25, -0.2) is 0 Å². The van der Waals surface area contributed by atoms with Gasteiger partial charge in [-0.3, -0.25) is 4.98 Å². The molecule has 2 rings (SSSR count). The molecule has 0 aliphatic carbocycles. The fourth-order valence-corrected chi connectivity index (χ4v) is 1.86. The molecule has 0 radical (unpaired) electrons. The molecule has 0 aliphatic heterocycles. The highest BCUT2D eigenvalue weighted by Crippen LogP contribution is 2.32. The Bertz CT molecular complexity index is 538. The molecule has 0 unspecified atom stereocenters. The molecule has 0 bridgehead atoms. The smallest absolute Gasteiger partial charge is 0.252 e. The summed E-state index contributed by atoms with van der Waals surface area (Å²) in [6, 6.07) is 10.9. The van der Waals surface area contributed by atoms with Crippen LogP contribution in [0.2, 0.25) is 0 Å². The number of rotatable bonds is 2. The van der Waals surface area contributed by atoms with E-state index < -0.39 is 11.7 Å². The number of pyridine rings is 1. The van der Waals surface area contributed by atoms with E-state index in [1.807, 2.05) is 6.07 Å². The van der Waals surface area contributed by atoms with Crippen molar-refractivity contribution >= 4 is 15.9 Å². The van der Waals surface area contributed by atoms with Crippen LogP contribution in [0.4, 0.5) is 13.2 Å². The number of aromatic nitrogens is 1. The predicted octanol–water partition coefficient (Wildman–Crippen LogP) is 4.66.